The van der Waals surface area contributed by atoms with E-state index in [2.05, 4.69) is 23.3 Å². The molecule has 9 heteroatoms. The van der Waals surface area contributed by atoms with Gasteiger partial charge in [0, 0.05) is 0 Å². The first-order chi connectivity index (χ1) is 19.0. The maximum absolute atomic E-state index is 9.60. The largest absolute Gasteiger partial charge is 0.545 e. The minimum absolute atomic E-state index is 0.476. The van der Waals surface area contributed by atoms with E-state index in [9.17, 15) is 19.8 Å². The van der Waals surface area contributed by atoms with Crippen LogP contribution in [-0.4, -0.2) is 38.4 Å². The number of carbonyl (C=O) groups is 2. The Labute approximate surface area is 248 Å². The van der Waals surface area contributed by atoms with Crippen molar-refractivity contribution in [3.63, 3.8) is 0 Å². The van der Waals surface area contributed by atoms with Crippen molar-refractivity contribution in [2.75, 3.05) is 26.4 Å². The summed E-state index contributed by atoms with van der Waals surface area (Å²) in [4.78, 5) is 19.2. The van der Waals surface area contributed by atoms with Gasteiger partial charge in [0.25, 0.3) is 0 Å². The molecule has 0 atom stereocenters. The van der Waals surface area contributed by atoms with E-state index in [0.717, 1.165) is 37.9 Å². The van der Waals surface area contributed by atoms with Crippen molar-refractivity contribution >= 4 is 11.9 Å². The van der Waals surface area contributed by atoms with Gasteiger partial charge in [-0.1, -0.05) is 0 Å². The molecule has 0 saturated carbocycles. The maximum atomic E-state index is 9.60. The number of hydrogen-bond donors (Lipinski definition) is 0. The molecule has 0 aliphatic rings. The second kappa shape index (κ2) is 41.1. The number of unbranched alkanes of at least 4 members (excludes halogenated alkanes) is 14. The van der Waals surface area contributed by atoms with Crippen molar-refractivity contribution in [3.05, 3.63) is 24.7 Å². The van der Waals surface area contributed by atoms with E-state index in [-0.39, 0.29) is 0 Å². The third-order valence-electron chi connectivity index (χ3n) is 5.25. The van der Waals surface area contributed by atoms with Crippen molar-refractivity contribution in [2.45, 2.75) is 130 Å². The third-order valence-corrected chi connectivity index (χ3v) is 6.26. The van der Waals surface area contributed by atoms with Crippen molar-refractivity contribution in [1.82, 2.24) is 0 Å². The Balaban J connectivity index is -0.000000658. The van der Waals surface area contributed by atoms with Gasteiger partial charge in [-0.05, 0) is 26.0 Å². The Morgan fingerprint density at radius 3 is 1.13 bits per heavy atom. The predicted octanol–water partition coefficient (Wildman–Crippen LogP) is 5.79. The number of carboxylic acid groups (broad SMARTS) is 2. The fourth-order valence-electron chi connectivity index (χ4n) is 3.14. The first-order valence-electron chi connectivity index (χ1n) is 14.9. The minimum atomic E-state index is -1.24. The van der Waals surface area contributed by atoms with Gasteiger partial charge in [-0.25, -0.2) is 0 Å². The molecule has 0 saturated heterocycles. The normalized spacial score (nSPS) is 10.4. The van der Waals surface area contributed by atoms with E-state index in [1.54, 1.807) is 13.8 Å². The van der Waals surface area contributed by atoms with Gasteiger partial charge in [-0.2, -0.15) is 0 Å². The summed E-state index contributed by atoms with van der Waals surface area (Å²) in [6, 6.07) is 0. The zero-order valence-electron chi connectivity index (χ0n) is 25.2. The molecule has 0 N–H and O–H groups in total. The van der Waals surface area contributed by atoms with Crippen molar-refractivity contribution in [1.29, 1.82) is 0 Å². The van der Waals surface area contributed by atoms with Crippen molar-refractivity contribution < 1.29 is 55.8 Å². The molecule has 0 amide bonds. The van der Waals surface area contributed by atoms with Crippen LogP contribution >= 0.6 is 0 Å². The van der Waals surface area contributed by atoms with Crippen LogP contribution in [0.25, 0.3) is 0 Å². The number of hydrogen-bond acceptors (Lipinski definition) is 8. The van der Waals surface area contributed by atoms with Crippen LogP contribution in [0.15, 0.2) is 24.7 Å². The molecule has 0 aliphatic carbocycles. The van der Waals surface area contributed by atoms with Gasteiger partial charge >= 0.3 is 156 Å². The van der Waals surface area contributed by atoms with Gasteiger partial charge < -0.3 is 29.3 Å². The minimum Gasteiger partial charge on any atom is -0.545 e. The van der Waals surface area contributed by atoms with Crippen molar-refractivity contribution in [2.24, 2.45) is 0 Å². The van der Waals surface area contributed by atoms with Crippen LogP contribution in [0.2, 0.25) is 0 Å². The summed E-state index contributed by atoms with van der Waals surface area (Å²) in [7, 11) is 0. The molecule has 0 aliphatic heterocycles. The SMILES string of the molecule is CCCCCCCCCC[O][Ti+2][O]CCCCCCCCCC.CCOC=CC(=O)[O-].CCOC=CC(=O)[O-]. The number of rotatable bonds is 26. The Morgan fingerprint density at radius 2 is 0.846 bits per heavy atom. The molecular formula is C30H56O8Ti. The van der Waals surface area contributed by atoms with Gasteiger partial charge in [0.1, 0.15) is 0 Å². The molecule has 0 aromatic carbocycles. The van der Waals surface area contributed by atoms with Crippen LogP contribution in [-0.2, 0) is 45.6 Å². The van der Waals surface area contributed by atoms with Gasteiger partial charge in [0.05, 0.1) is 37.7 Å². The monoisotopic (exact) mass is 592 g/mol. The molecule has 0 aromatic heterocycles. The number of carboxylic acids is 2. The summed E-state index contributed by atoms with van der Waals surface area (Å²) in [5, 5.41) is 19.2. The van der Waals surface area contributed by atoms with E-state index >= 15 is 0 Å². The molecule has 0 aromatic rings. The van der Waals surface area contributed by atoms with Crippen LogP contribution in [0.3, 0.4) is 0 Å². The molecule has 0 fully saturated rings. The second-order valence-corrected chi connectivity index (χ2v) is 10.0. The zero-order valence-corrected chi connectivity index (χ0v) is 26.8. The van der Waals surface area contributed by atoms with Gasteiger partial charge in [-0.15, -0.1) is 0 Å². The Morgan fingerprint density at radius 1 is 0.538 bits per heavy atom. The topological polar surface area (TPSA) is 117 Å². The first kappa shape index (κ1) is 42.1. The first-order valence-corrected chi connectivity index (χ1v) is 16.2. The average molecular weight is 593 g/mol. The van der Waals surface area contributed by atoms with E-state index < -0.39 is 31.9 Å². The molecule has 0 rings (SSSR count). The number of aliphatic carboxylic acids is 2. The standard InChI is InChI=1S/2C10H21O.2C5H8O3.Ti/c2*1-2-3-4-5-6-7-8-9-10-11;2*1-2-8-4-3-5(6)7;/h2*2-10H2,1H3;2*3-4H,2H2,1H3,(H,6,7);/q2*-1;;;+4/p-2. The maximum Gasteiger partial charge on any atom is 0.0846 e. The summed E-state index contributed by atoms with van der Waals surface area (Å²) in [5.41, 5.74) is 0. The summed E-state index contributed by atoms with van der Waals surface area (Å²) in [6.45, 7) is 10.9. The molecule has 0 unspecified atom stereocenters. The van der Waals surface area contributed by atoms with E-state index in [1.165, 1.54) is 103 Å². The third kappa shape index (κ3) is 53.6. The molecule has 0 heterocycles. The van der Waals surface area contributed by atoms with Gasteiger partial charge in [0.15, 0.2) is 0 Å². The molecule has 39 heavy (non-hydrogen) atoms. The van der Waals surface area contributed by atoms with Crippen LogP contribution in [0.1, 0.15) is 130 Å². The Hall–Kier alpha value is -1.35. The Kier molecular flexibility index (Phi) is 44.4. The summed E-state index contributed by atoms with van der Waals surface area (Å²) >= 11 is -0.572. The molecule has 8 nitrogen and oxygen atoms in total. The summed E-state index contributed by atoms with van der Waals surface area (Å²) in [5.74, 6) is -2.48. The van der Waals surface area contributed by atoms with E-state index in [0.29, 0.717) is 13.2 Å². The van der Waals surface area contributed by atoms with E-state index in [1.807, 2.05) is 0 Å². The zero-order chi connectivity index (χ0) is 29.7. The van der Waals surface area contributed by atoms with Crippen molar-refractivity contribution in [3.8, 4) is 0 Å². The second-order valence-electron chi connectivity index (χ2n) is 8.88. The average Bonchev–Trinajstić information content (AvgIpc) is 2.91. The molecule has 0 bridgehead atoms. The fourth-order valence-corrected chi connectivity index (χ4v) is 3.98. The Bertz CT molecular complexity index is 495. The predicted molar refractivity (Wildman–Crippen MR) is 149 cm³/mol. The number of ether oxygens (including phenoxy) is 2. The molecule has 228 valence electrons. The molecule has 0 spiro atoms. The summed E-state index contributed by atoms with van der Waals surface area (Å²) < 4.78 is 20.4. The smallest absolute Gasteiger partial charge is 0.0846 e. The van der Waals surface area contributed by atoms with Crippen LogP contribution in [0, 0.1) is 0 Å². The van der Waals surface area contributed by atoms with E-state index in [4.69, 9.17) is 6.64 Å². The fraction of sp³-hybridized carbons (Fsp3) is 0.800. The van der Waals surface area contributed by atoms with Crippen LogP contribution in [0.4, 0.5) is 0 Å². The molecular weight excluding hydrogens is 536 g/mol. The number of carbonyl (C=O) groups excluding carboxylic acids is 2. The van der Waals surface area contributed by atoms with Crippen LogP contribution in [0.5, 0.6) is 0 Å². The van der Waals surface area contributed by atoms with Crippen LogP contribution < -0.4 is 10.2 Å². The molecule has 0 radical (unpaired) electrons. The quantitative estimate of drug-likeness (QED) is 0.0537. The summed E-state index contributed by atoms with van der Waals surface area (Å²) in [6.07, 6.45) is 25.7. The van der Waals surface area contributed by atoms with Gasteiger partial charge in [-0.3, -0.25) is 0 Å². The van der Waals surface area contributed by atoms with Gasteiger partial charge in [0.2, 0.25) is 0 Å².